The van der Waals surface area contributed by atoms with Crippen molar-refractivity contribution in [2.75, 3.05) is 12.8 Å². The Morgan fingerprint density at radius 1 is 1.10 bits per heavy atom. The highest BCUT2D eigenvalue weighted by molar-refractivity contribution is 5.74. The number of pyridine rings is 1. The van der Waals surface area contributed by atoms with Crippen molar-refractivity contribution in [3.05, 3.63) is 12.1 Å². The van der Waals surface area contributed by atoms with Crippen molar-refractivity contribution in [2.24, 2.45) is 0 Å². The van der Waals surface area contributed by atoms with Crippen LogP contribution in [0.1, 0.15) is 45.4 Å². The van der Waals surface area contributed by atoms with Gasteiger partial charge in [-0.15, -0.1) is 0 Å². The van der Waals surface area contributed by atoms with Crippen molar-refractivity contribution in [1.82, 2.24) is 14.5 Å². The molecule has 20 heavy (non-hydrogen) atoms. The summed E-state index contributed by atoms with van der Waals surface area (Å²) in [6, 6.07) is 3.71. The lowest BCUT2D eigenvalue weighted by Gasteiger charge is -2.06. The first-order chi connectivity index (χ1) is 9.76. The Balaban J connectivity index is 1.99. The summed E-state index contributed by atoms with van der Waals surface area (Å²) < 4.78 is 7.15. The third-order valence-corrected chi connectivity index (χ3v) is 3.54. The first kappa shape index (κ1) is 14.6. The van der Waals surface area contributed by atoms with E-state index < -0.39 is 0 Å². The topological polar surface area (TPSA) is 66.0 Å². The highest BCUT2D eigenvalue weighted by Gasteiger charge is 2.10. The van der Waals surface area contributed by atoms with Crippen molar-refractivity contribution in [3.63, 3.8) is 0 Å². The third-order valence-electron chi connectivity index (χ3n) is 3.54. The Morgan fingerprint density at radius 3 is 2.60 bits per heavy atom. The Morgan fingerprint density at radius 2 is 1.85 bits per heavy atom. The maximum atomic E-state index is 5.98. The predicted octanol–water partition coefficient (Wildman–Crippen LogP) is 3.38. The van der Waals surface area contributed by atoms with Crippen molar-refractivity contribution < 1.29 is 4.74 Å². The van der Waals surface area contributed by atoms with Gasteiger partial charge in [-0.05, 0) is 12.5 Å². The minimum absolute atomic E-state index is 0.536. The third kappa shape index (κ3) is 3.40. The molecule has 0 saturated carbocycles. The van der Waals surface area contributed by atoms with Gasteiger partial charge in [-0.1, -0.05) is 39.0 Å². The molecule has 2 aromatic heterocycles. The van der Waals surface area contributed by atoms with Crippen LogP contribution < -0.4 is 10.5 Å². The molecule has 0 amide bonds. The summed E-state index contributed by atoms with van der Waals surface area (Å²) in [6.45, 7) is 3.10. The van der Waals surface area contributed by atoms with Gasteiger partial charge >= 0.3 is 0 Å². The molecule has 110 valence electrons. The molecule has 0 aliphatic rings. The van der Waals surface area contributed by atoms with E-state index in [2.05, 4.69) is 16.9 Å². The van der Waals surface area contributed by atoms with Gasteiger partial charge in [-0.2, -0.15) is 4.98 Å². The van der Waals surface area contributed by atoms with Gasteiger partial charge in [0.25, 0.3) is 0 Å². The lowest BCUT2D eigenvalue weighted by Crippen LogP contribution is -2.04. The maximum Gasteiger partial charge on any atom is 0.215 e. The van der Waals surface area contributed by atoms with Crippen molar-refractivity contribution in [2.45, 2.75) is 52.0 Å². The molecule has 2 aromatic rings. The van der Waals surface area contributed by atoms with E-state index >= 15 is 0 Å². The normalized spacial score (nSPS) is 11.1. The van der Waals surface area contributed by atoms with Crippen LogP contribution in [0.5, 0.6) is 5.88 Å². The van der Waals surface area contributed by atoms with Crippen LogP contribution in [0.25, 0.3) is 11.2 Å². The van der Waals surface area contributed by atoms with E-state index in [-0.39, 0.29) is 0 Å². The largest absolute Gasteiger partial charge is 0.481 e. The van der Waals surface area contributed by atoms with Crippen LogP contribution in [-0.4, -0.2) is 21.6 Å². The molecule has 5 heteroatoms. The maximum absolute atomic E-state index is 5.98. The number of nitrogens with zero attached hydrogens (tertiary/aromatic N) is 3. The number of unbranched alkanes of at least 4 members (excludes halogenated alkanes) is 5. The Bertz CT molecular complexity index is 550. The second-order valence-electron chi connectivity index (χ2n) is 5.09. The Hall–Kier alpha value is -1.78. The number of nitrogen functional groups attached to an aromatic ring is 1. The summed E-state index contributed by atoms with van der Waals surface area (Å²) in [5, 5.41) is 0. The first-order valence-electron chi connectivity index (χ1n) is 7.43. The van der Waals surface area contributed by atoms with E-state index in [9.17, 15) is 0 Å². The molecule has 0 aromatic carbocycles. The van der Waals surface area contributed by atoms with Crippen LogP contribution in [0.4, 0.5) is 5.95 Å². The number of ether oxygens (including phenoxy) is 1. The van der Waals surface area contributed by atoms with E-state index in [0.717, 1.165) is 24.1 Å². The molecule has 2 N–H and O–H groups in total. The average Bonchev–Trinajstić information content (AvgIpc) is 2.77. The van der Waals surface area contributed by atoms with E-state index in [4.69, 9.17) is 10.5 Å². The summed E-state index contributed by atoms with van der Waals surface area (Å²) in [6.07, 6.45) is 7.55. The lowest BCUT2D eigenvalue weighted by molar-refractivity contribution is 0.399. The second-order valence-corrected chi connectivity index (χ2v) is 5.09. The molecule has 5 nitrogen and oxygen atoms in total. The number of rotatable bonds is 8. The number of aryl methyl sites for hydroxylation is 1. The van der Waals surface area contributed by atoms with Gasteiger partial charge in [0.1, 0.15) is 5.52 Å². The monoisotopic (exact) mass is 276 g/mol. The first-order valence-corrected chi connectivity index (χ1v) is 7.43. The fraction of sp³-hybridized carbons (Fsp3) is 0.600. The molecule has 2 heterocycles. The highest BCUT2D eigenvalue weighted by atomic mass is 16.5. The smallest absolute Gasteiger partial charge is 0.215 e. The van der Waals surface area contributed by atoms with Gasteiger partial charge in [0, 0.05) is 12.6 Å². The van der Waals surface area contributed by atoms with Crippen LogP contribution >= 0.6 is 0 Å². The minimum Gasteiger partial charge on any atom is -0.481 e. The van der Waals surface area contributed by atoms with Crippen LogP contribution in [0.15, 0.2) is 12.1 Å². The van der Waals surface area contributed by atoms with Gasteiger partial charge in [0.2, 0.25) is 11.8 Å². The van der Waals surface area contributed by atoms with Gasteiger partial charge < -0.3 is 10.5 Å². The molecule has 2 rings (SSSR count). The molecule has 0 spiro atoms. The standard InChI is InChI=1S/C15H24N4O/c1-3-4-5-6-7-8-11-19-14-12(17-15(19)16)9-10-13(18-14)20-2/h9-10H,3-8,11H2,1-2H3,(H2,16,17). The zero-order chi connectivity index (χ0) is 14.4. The molecule has 0 unspecified atom stereocenters. The Kier molecular flexibility index (Phi) is 5.21. The number of nitrogens with two attached hydrogens (primary N) is 1. The van der Waals surface area contributed by atoms with Crippen LogP contribution in [0.2, 0.25) is 0 Å². The SMILES string of the molecule is CCCCCCCCn1c(N)nc2ccc(OC)nc21. The summed E-state index contributed by atoms with van der Waals surface area (Å²) in [4.78, 5) is 8.78. The molecular formula is C15H24N4O. The number of hydrogen-bond acceptors (Lipinski definition) is 4. The van der Waals surface area contributed by atoms with E-state index in [1.165, 1.54) is 32.1 Å². The number of methoxy groups -OCH3 is 1. The van der Waals surface area contributed by atoms with E-state index in [1.807, 2.05) is 16.7 Å². The van der Waals surface area contributed by atoms with Gasteiger partial charge in [-0.3, -0.25) is 4.57 Å². The minimum atomic E-state index is 0.536. The van der Waals surface area contributed by atoms with Gasteiger partial charge in [-0.25, -0.2) is 4.98 Å². The molecule has 0 bridgehead atoms. The van der Waals surface area contributed by atoms with Crippen molar-refractivity contribution in [3.8, 4) is 5.88 Å². The number of aromatic nitrogens is 3. The number of imidazole rings is 1. The molecular weight excluding hydrogens is 252 g/mol. The Labute approximate surface area is 120 Å². The number of fused-ring (bicyclic) bond motifs is 1. The summed E-state index contributed by atoms with van der Waals surface area (Å²) >= 11 is 0. The van der Waals surface area contributed by atoms with Gasteiger partial charge in [0.15, 0.2) is 5.65 Å². The summed E-state index contributed by atoms with van der Waals surface area (Å²) in [5.74, 6) is 1.14. The molecule has 0 fully saturated rings. The molecule has 0 radical (unpaired) electrons. The lowest BCUT2D eigenvalue weighted by atomic mass is 10.1. The number of hydrogen-bond donors (Lipinski definition) is 1. The molecule has 0 aliphatic heterocycles. The molecule has 0 saturated heterocycles. The highest BCUT2D eigenvalue weighted by Crippen LogP contribution is 2.20. The van der Waals surface area contributed by atoms with Crippen molar-refractivity contribution in [1.29, 1.82) is 0 Å². The van der Waals surface area contributed by atoms with E-state index in [0.29, 0.717) is 11.8 Å². The quantitative estimate of drug-likeness (QED) is 0.751. The fourth-order valence-electron chi connectivity index (χ4n) is 2.39. The van der Waals surface area contributed by atoms with Crippen LogP contribution in [0, 0.1) is 0 Å². The molecule has 0 aliphatic carbocycles. The van der Waals surface area contributed by atoms with Crippen molar-refractivity contribution >= 4 is 17.1 Å². The zero-order valence-electron chi connectivity index (χ0n) is 12.4. The summed E-state index contributed by atoms with van der Waals surface area (Å²) in [5.41, 5.74) is 7.62. The number of anilines is 1. The zero-order valence-corrected chi connectivity index (χ0v) is 12.4. The summed E-state index contributed by atoms with van der Waals surface area (Å²) in [7, 11) is 1.62. The fourth-order valence-corrected chi connectivity index (χ4v) is 2.39. The second kappa shape index (κ2) is 7.12. The van der Waals surface area contributed by atoms with E-state index in [1.54, 1.807) is 7.11 Å². The van der Waals surface area contributed by atoms with Crippen LogP contribution in [-0.2, 0) is 6.54 Å². The van der Waals surface area contributed by atoms with Crippen LogP contribution in [0.3, 0.4) is 0 Å². The molecule has 0 atom stereocenters. The average molecular weight is 276 g/mol. The van der Waals surface area contributed by atoms with Gasteiger partial charge in [0.05, 0.1) is 7.11 Å². The predicted molar refractivity (Wildman–Crippen MR) is 81.9 cm³/mol.